The molecule has 0 aliphatic heterocycles. The van der Waals surface area contributed by atoms with E-state index < -0.39 is 17.2 Å². The van der Waals surface area contributed by atoms with Gasteiger partial charge in [0.05, 0.1) is 6.54 Å². The van der Waals surface area contributed by atoms with Crippen LogP contribution in [0.5, 0.6) is 0 Å². The third-order valence-electron chi connectivity index (χ3n) is 2.83. The SMILES string of the molecule is C#CCn1cnc2c(nnn2-c2ccc(F)cc2F)c1=O. The molecule has 104 valence electrons. The summed E-state index contributed by atoms with van der Waals surface area (Å²) in [7, 11) is 0. The lowest BCUT2D eigenvalue weighted by Crippen LogP contribution is -2.20. The second-order valence-electron chi connectivity index (χ2n) is 4.15. The van der Waals surface area contributed by atoms with Crippen LogP contribution in [0.25, 0.3) is 16.9 Å². The minimum Gasteiger partial charge on any atom is -0.285 e. The van der Waals surface area contributed by atoms with E-state index in [9.17, 15) is 13.6 Å². The molecule has 6 nitrogen and oxygen atoms in total. The van der Waals surface area contributed by atoms with Gasteiger partial charge >= 0.3 is 0 Å². The fourth-order valence-corrected chi connectivity index (χ4v) is 1.87. The van der Waals surface area contributed by atoms with Crippen LogP contribution in [0.4, 0.5) is 8.78 Å². The summed E-state index contributed by atoms with van der Waals surface area (Å²) in [4.78, 5) is 16.1. The lowest BCUT2D eigenvalue weighted by molar-refractivity contribution is 0.573. The normalized spacial score (nSPS) is 10.7. The van der Waals surface area contributed by atoms with Gasteiger partial charge in [0, 0.05) is 6.07 Å². The van der Waals surface area contributed by atoms with Crippen molar-refractivity contribution in [2.75, 3.05) is 0 Å². The molecule has 2 heterocycles. The highest BCUT2D eigenvalue weighted by molar-refractivity contribution is 5.70. The molecule has 0 atom stereocenters. The molecular formula is C13H7F2N5O. The first-order valence-corrected chi connectivity index (χ1v) is 5.81. The molecule has 0 amide bonds. The molecule has 2 aromatic heterocycles. The van der Waals surface area contributed by atoms with Crippen molar-refractivity contribution in [3.8, 4) is 18.0 Å². The first-order chi connectivity index (χ1) is 10.1. The standard InChI is InChI=1S/C13H7F2N5O/c1-2-5-19-7-16-12-11(13(19)21)17-18-20(12)10-4-3-8(14)6-9(10)15/h1,3-4,6-7H,5H2. The third kappa shape index (κ3) is 2.04. The maximum absolute atomic E-state index is 13.8. The van der Waals surface area contributed by atoms with Crippen LogP contribution in [-0.4, -0.2) is 24.5 Å². The second kappa shape index (κ2) is 4.79. The van der Waals surface area contributed by atoms with Gasteiger partial charge in [-0.1, -0.05) is 11.1 Å². The Morgan fingerprint density at radius 1 is 1.33 bits per heavy atom. The number of aromatic nitrogens is 5. The fourth-order valence-electron chi connectivity index (χ4n) is 1.87. The molecule has 0 aliphatic rings. The minimum atomic E-state index is -0.837. The van der Waals surface area contributed by atoms with Crippen molar-refractivity contribution in [1.82, 2.24) is 24.5 Å². The second-order valence-corrected chi connectivity index (χ2v) is 4.15. The van der Waals surface area contributed by atoms with Gasteiger partial charge in [0.1, 0.15) is 17.8 Å². The first kappa shape index (κ1) is 12.9. The van der Waals surface area contributed by atoms with Crippen molar-refractivity contribution in [2.45, 2.75) is 6.54 Å². The molecule has 0 fully saturated rings. The van der Waals surface area contributed by atoms with E-state index in [0.717, 1.165) is 10.7 Å². The number of fused-ring (bicyclic) bond motifs is 1. The molecule has 0 unspecified atom stereocenters. The molecule has 0 spiro atoms. The largest absolute Gasteiger partial charge is 0.285 e. The average molecular weight is 287 g/mol. The summed E-state index contributed by atoms with van der Waals surface area (Å²) in [6, 6.07) is 2.97. The zero-order chi connectivity index (χ0) is 15.0. The van der Waals surface area contributed by atoms with Crippen LogP contribution in [-0.2, 0) is 6.54 Å². The van der Waals surface area contributed by atoms with Gasteiger partial charge in [-0.2, -0.15) is 4.68 Å². The van der Waals surface area contributed by atoms with E-state index in [4.69, 9.17) is 6.42 Å². The molecule has 0 aliphatic carbocycles. The summed E-state index contributed by atoms with van der Waals surface area (Å²) in [5.74, 6) is 0.755. The minimum absolute atomic E-state index is 0.0412. The van der Waals surface area contributed by atoms with E-state index in [2.05, 4.69) is 21.2 Å². The topological polar surface area (TPSA) is 65.6 Å². The van der Waals surface area contributed by atoms with Crippen LogP contribution < -0.4 is 5.56 Å². The van der Waals surface area contributed by atoms with Crippen molar-refractivity contribution in [3.05, 3.63) is 46.5 Å². The highest BCUT2D eigenvalue weighted by Gasteiger charge is 2.15. The maximum atomic E-state index is 13.8. The lowest BCUT2D eigenvalue weighted by atomic mass is 10.3. The van der Waals surface area contributed by atoms with Gasteiger partial charge in [0.15, 0.2) is 17.0 Å². The van der Waals surface area contributed by atoms with Crippen LogP contribution in [0.1, 0.15) is 0 Å². The predicted molar refractivity (Wildman–Crippen MR) is 69.7 cm³/mol. The average Bonchev–Trinajstić information content (AvgIpc) is 2.87. The van der Waals surface area contributed by atoms with Crippen LogP contribution in [0.3, 0.4) is 0 Å². The first-order valence-electron chi connectivity index (χ1n) is 5.81. The highest BCUT2D eigenvalue weighted by atomic mass is 19.1. The van der Waals surface area contributed by atoms with Crippen LogP contribution in [0.15, 0.2) is 29.3 Å². The van der Waals surface area contributed by atoms with Gasteiger partial charge in [-0.05, 0) is 12.1 Å². The summed E-state index contributed by atoms with van der Waals surface area (Å²) in [6.45, 7) is 0.0412. The van der Waals surface area contributed by atoms with Crippen LogP contribution in [0, 0.1) is 24.0 Å². The van der Waals surface area contributed by atoms with E-state index in [1.54, 1.807) is 0 Å². The van der Waals surface area contributed by atoms with Crippen molar-refractivity contribution < 1.29 is 8.78 Å². The van der Waals surface area contributed by atoms with Gasteiger partial charge in [-0.15, -0.1) is 11.5 Å². The molecule has 0 bridgehead atoms. The van der Waals surface area contributed by atoms with E-state index in [0.29, 0.717) is 6.07 Å². The maximum Gasteiger partial charge on any atom is 0.284 e. The molecule has 0 N–H and O–H groups in total. The Bertz CT molecular complexity index is 938. The van der Waals surface area contributed by atoms with Crippen molar-refractivity contribution in [2.24, 2.45) is 0 Å². The van der Waals surface area contributed by atoms with Gasteiger partial charge in [-0.3, -0.25) is 9.36 Å². The third-order valence-corrected chi connectivity index (χ3v) is 2.83. The fraction of sp³-hybridized carbons (Fsp3) is 0.0769. The van der Waals surface area contributed by atoms with Gasteiger partial charge in [0.2, 0.25) is 0 Å². The van der Waals surface area contributed by atoms with E-state index in [-0.39, 0.29) is 23.4 Å². The van der Waals surface area contributed by atoms with Gasteiger partial charge in [0.25, 0.3) is 5.56 Å². The van der Waals surface area contributed by atoms with Crippen molar-refractivity contribution >= 4 is 11.2 Å². The lowest BCUT2D eigenvalue weighted by Gasteiger charge is -2.03. The summed E-state index contributed by atoms with van der Waals surface area (Å²) < 4.78 is 28.9. The molecule has 3 rings (SSSR count). The number of hydrogen-bond acceptors (Lipinski definition) is 4. The summed E-state index contributed by atoms with van der Waals surface area (Å²) in [6.07, 6.45) is 6.37. The Hall–Kier alpha value is -3.08. The monoisotopic (exact) mass is 287 g/mol. The number of nitrogens with zero attached hydrogens (tertiary/aromatic N) is 5. The zero-order valence-electron chi connectivity index (χ0n) is 10.5. The number of halogens is 2. The Kier molecular flexibility index (Phi) is 2.95. The van der Waals surface area contributed by atoms with Crippen LogP contribution in [0.2, 0.25) is 0 Å². The molecule has 21 heavy (non-hydrogen) atoms. The Morgan fingerprint density at radius 2 is 2.14 bits per heavy atom. The number of hydrogen-bond donors (Lipinski definition) is 0. The van der Waals surface area contributed by atoms with E-state index in [1.165, 1.54) is 17.0 Å². The van der Waals surface area contributed by atoms with Gasteiger partial charge in [-0.25, -0.2) is 13.8 Å². The molecule has 0 radical (unpaired) electrons. The molecule has 1 aromatic carbocycles. The summed E-state index contributed by atoms with van der Waals surface area (Å²) in [5, 5.41) is 7.38. The number of terminal acetylenes is 1. The van der Waals surface area contributed by atoms with Crippen molar-refractivity contribution in [3.63, 3.8) is 0 Å². The Balaban J connectivity index is 2.24. The summed E-state index contributed by atoms with van der Waals surface area (Å²) >= 11 is 0. The highest BCUT2D eigenvalue weighted by Crippen LogP contribution is 2.16. The summed E-state index contributed by atoms with van der Waals surface area (Å²) in [5.41, 5.74) is -0.512. The van der Waals surface area contributed by atoms with E-state index in [1.807, 2.05) is 0 Å². The molecular weight excluding hydrogens is 280 g/mol. The number of rotatable bonds is 2. The number of benzene rings is 1. The van der Waals surface area contributed by atoms with Crippen molar-refractivity contribution in [1.29, 1.82) is 0 Å². The molecule has 8 heteroatoms. The van der Waals surface area contributed by atoms with Crippen LogP contribution >= 0.6 is 0 Å². The Labute approximate surface area is 116 Å². The molecule has 0 saturated carbocycles. The molecule has 0 saturated heterocycles. The van der Waals surface area contributed by atoms with Gasteiger partial charge < -0.3 is 0 Å². The quantitative estimate of drug-likeness (QED) is 0.657. The smallest absolute Gasteiger partial charge is 0.284 e. The molecule has 3 aromatic rings. The predicted octanol–water partition coefficient (Wildman–Crippen LogP) is 0.889. The zero-order valence-corrected chi connectivity index (χ0v) is 10.5. The van der Waals surface area contributed by atoms with E-state index >= 15 is 0 Å². The Morgan fingerprint density at radius 3 is 2.86 bits per heavy atom.